The van der Waals surface area contributed by atoms with Gasteiger partial charge in [-0.1, -0.05) is 24.8 Å². The second-order valence-corrected chi connectivity index (χ2v) is 7.31. The van der Waals surface area contributed by atoms with Gasteiger partial charge in [0.15, 0.2) is 5.16 Å². The van der Waals surface area contributed by atoms with Crippen molar-refractivity contribution in [2.45, 2.75) is 31.5 Å². The summed E-state index contributed by atoms with van der Waals surface area (Å²) in [6.45, 7) is 6.58. The maximum Gasteiger partial charge on any atom is 0.232 e. The van der Waals surface area contributed by atoms with Crippen LogP contribution in [-0.2, 0) is 9.53 Å². The molecule has 0 radical (unpaired) electrons. The maximum absolute atomic E-state index is 13.8. The van der Waals surface area contributed by atoms with E-state index in [-0.39, 0.29) is 23.5 Å². The van der Waals surface area contributed by atoms with E-state index in [1.807, 2.05) is 13.8 Å². The normalized spacial score (nSPS) is 15.6. The Kier molecular flexibility index (Phi) is 6.68. The highest BCUT2D eigenvalue weighted by atomic mass is 32.2. The van der Waals surface area contributed by atoms with Gasteiger partial charge in [0, 0.05) is 19.1 Å². The van der Waals surface area contributed by atoms with Crippen molar-refractivity contribution in [3.05, 3.63) is 30.1 Å². The molecule has 2 heterocycles. The van der Waals surface area contributed by atoms with Gasteiger partial charge in [-0.3, -0.25) is 9.36 Å². The number of hydrogen-bond donors (Lipinski definition) is 1. The zero-order valence-corrected chi connectivity index (χ0v) is 16.3. The van der Waals surface area contributed by atoms with Crippen LogP contribution in [0.1, 0.15) is 20.3 Å². The Morgan fingerprint density at radius 1 is 1.37 bits per heavy atom. The minimum absolute atomic E-state index is 0.0592. The molecule has 0 bridgehead atoms. The third kappa shape index (κ3) is 4.98. The van der Waals surface area contributed by atoms with E-state index < -0.39 is 0 Å². The molecule has 1 atom stereocenters. The molecule has 0 spiro atoms. The molecule has 1 aromatic carbocycles. The predicted molar refractivity (Wildman–Crippen MR) is 103 cm³/mol. The first-order valence-electron chi connectivity index (χ1n) is 9.04. The Morgan fingerprint density at radius 3 is 2.85 bits per heavy atom. The minimum Gasteiger partial charge on any atom is -0.378 e. The van der Waals surface area contributed by atoms with Gasteiger partial charge in [0.05, 0.1) is 24.7 Å². The predicted octanol–water partition coefficient (Wildman–Crippen LogP) is 2.25. The second kappa shape index (κ2) is 9.18. The molecule has 3 rings (SSSR count). The van der Waals surface area contributed by atoms with Crippen molar-refractivity contribution in [3.63, 3.8) is 0 Å². The van der Waals surface area contributed by atoms with Crippen molar-refractivity contribution in [2.75, 3.05) is 37.0 Å². The number of ether oxygens (including phenoxy) is 1. The number of nitrogens with zero attached hydrogens (tertiary/aromatic N) is 4. The number of amides is 1. The lowest BCUT2D eigenvalue weighted by Crippen LogP contribution is -2.38. The van der Waals surface area contributed by atoms with Gasteiger partial charge >= 0.3 is 0 Å². The fraction of sp³-hybridized carbons (Fsp3) is 0.500. The Bertz CT molecular complexity index is 779. The first-order chi connectivity index (χ1) is 13.1. The molecule has 7 nitrogen and oxygen atoms in total. The summed E-state index contributed by atoms with van der Waals surface area (Å²) in [4.78, 5) is 14.2. The first-order valence-corrected chi connectivity index (χ1v) is 10.0. The molecule has 0 aliphatic carbocycles. The van der Waals surface area contributed by atoms with E-state index in [2.05, 4.69) is 20.4 Å². The summed E-state index contributed by atoms with van der Waals surface area (Å²) >= 11 is 1.29. The minimum atomic E-state index is -0.334. The number of nitrogens with one attached hydrogen (secondary N) is 1. The van der Waals surface area contributed by atoms with Gasteiger partial charge in [0.2, 0.25) is 11.9 Å². The molecule has 1 saturated heterocycles. The van der Waals surface area contributed by atoms with Crippen molar-refractivity contribution in [3.8, 4) is 5.69 Å². The van der Waals surface area contributed by atoms with E-state index in [0.717, 1.165) is 6.42 Å². The summed E-state index contributed by atoms with van der Waals surface area (Å²) < 4.78 is 21.0. The Morgan fingerprint density at radius 2 is 2.15 bits per heavy atom. The van der Waals surface area contributed by atoms with Crippen molar-refractivity contribution in [1.29, 1.82) is 0 Å². The van der Waals surface area contributed by atoms with Crippen LogP contribution in [0.25, 0.3) is 5.69 Å². The summed E-state index contributed by atoms with van der Waals surface area (Å²) in [5.41, 5.74) is 0.631. The molecule has 1 aromatic heterocycles. The maximum atomic E-state index is 13.8. The third-order valence-corrected chi connectivity index (χ3v) is 5.26. The van der Waals surface area contributed by atoms with Crippen LogP contribution in [-0.4, -0.2) is 58.8 Å². The Labute approximate surface area is 162 Å². The topological polar surface area (TPSA) is 72.3 Å². The molecule has 27 heavy (non-hydrogen) atoms. The van der Waals surface area contributed by atoms with Crippen LogP contribution in [0.2, 0.25) is 0 Å². The highest BCUT2D eigenvalue weighted by Crippen LogP contribution is 2.27. The van der Waals surface area contributed by atoms with Crippen LogP contribution in [0.3, 0.4) is 0 Å². The van der Waals surface area contributed by atoms with Gasteiger partial charge in [-0.05, 0) is 31.5 Å². The highest BCUT2D eigenvalue weighted by Gasteiger charge is 2.22. The number of morpholine rings is 1. The molecule has 2 aromatic rings. The first kappa shape index (κ1) is 19.6. The van der Waals surface area contributed by atoms with E-state index in [4.69, 9.17) is 4.74 Å². The van der Waals surface area contributed by atoms with E-state index in [9.17, 15) is 9.18 Å². The van der Waals surface area contributed by atoms with Gasteiger partial charge in [-0.2, -0.15) is 0 Å². The van der Waals surface area contributed by atoms with Crippen molar-refractivity contribution < 1.29 is 13.9 Å². The van der Waals surface area contributed by atoms with Gasteiger partial charge in [0.1, 0.15) is 5.82 Å². The highest BCUT2D eigenvalue weighted by molar-refractivity contribution is 7.99. The van der Waals surface area contributed by atoms with E-state index in [1.54, 1.807) is 16.7 Å². The van der Waals surface area contributed by atoms with Gasteiger partial charge < -0.3 is 15.0 Å². The van der Waals surface area contributed by atoms with Gasteiger partial charge in [0.25, 0.3) is 0 Å². The lowest BCUT2D eigenvalue weighted by atomic mass is 10.3. The zero-order valence-electron chi connectivity index (χ0n) is 15.5. The molecule has 0 saturated carbocycles. The number of carbonyl (C=O) groups is 1. The van der Waals surface area contributed by atoms with E-state index in [1.165, 1.54) is 23.9 Å². The summed E-state index contributed by atoms with van der Waals surface area (Å²) in [5.74, 6) is 0.463. The van der Waals surface area contributed by atoms with E-state index >= 15 is 0 Å². The molecule has 1 fully saturated rings. The Hall–Kier alpha value is -2.13. The fourth-order valence-corrected chi connectivity index (χ4v) is 3.47. The zero-order chi connectivity index (χ0) is 19.2. The molecule has 1 amide bonds. The number of thioether (sulfide) groups is 1. The van der Waals surface area contributed by atoms with Gasteiger partial charge in [-0.25, -0.2) is 4.39 Å². The number of carbonyl (C=O) groups excluding carboxylic acids is 1. The fourth-order valence-electron chi connectivity index (χ4n) is 2.71. The molecule has 9 heteroatoms. The Balaban J connectivity index is 1.85. The summed E-state index contributed by atoms with van der Waals surface area (Å²) in [6.07, 6.45) is 0.872. The van der Waals surface area contributed by atoms with Crippen molar-refractivity contribution in [2.24, 2.45) is 0 Å². The van der Waals surface area contributed by atoms with Gasteiger partial charge in [-0.15, -0.1) is 10.2 Å². The molecular formula is C18H24FN5O2S. The largest absolute Gasteiger partial charge is 0.378 e. The number of hydrogen-bond acceptors (Lipinski definition) is 6. The number of benzene rings is 1. The number of rotatable bonds is 7. The number of anilines is 1. The standard InChI is InChI=1S/C18H24FN5O2S/c1-3-13(2)20-16(25)12-27-18-22-21-17(23-7-9-26-10-8-23)24(18)15-6-4-5-14(19)11-15/h4-6,11,13H,3,7-10,12H2,1-2H3,(H,20,25)/t13-/m1/s1. The van der Waals surface area contributed by atoms with Crippen LogP contribution < -0.4 is 10.2 Å². The molecule has 1 aliphatic rings. The quantitative estimate of drug-likeness (QED) is 0.728. The smallest absolute Gasteiger partial charge is 0.232 e. The van der Waals surface area contributed by atoms with Crippen molar-refractivity contribution >= 4 is 23.6 Å². The molecular weight excluding hydrogens is 369 g/mol. The summed E-state index contributed by atoms with van der Waals surface area (Å²) in [6, 6.07) is 6.42. The van der Waals surface area contributed by atoms with Crippen LogP contribution in [0.5, 0.6) is 0 Å². The van der Waals surface area contributed by atoms with Crippen LogP contribution >= 0.6 is 11.8 Å². The summed E-state index contributed by atoms with van der Waals surface area (Å²) in [5, 5.41) is 12.1. The number of halogens is 1. The molecule has 0 unspecified atom stereocenters. The van der Waals surface area contributed by atoms with E-state index in [0.29, 0.717) is 43.1 Å². The summed E-state index contributed by atoms with van der Waals surface area (Å²) in [7, 11) is 0. The third-order valence-electron chi connectivity index (χ3n) is 4.33. The lowest BCUT2D eigenvalue weighted by Gasteiger charge is -2.27. The lowest BCUT2D eigenvalue weighted by molar-refractivity contribution is -0.119. The molecule has 1 N–H and O–H groups in total. The SMILES string of the molecule is CC[C@@H](C)NC(=O)CSc1nnc(N2CCOCC2)n1-c1cccc(F)c1. The molecule has 1 aliphatic heterocycles. The average molecular weight is 393 g/mol. The van der Waals surface area contributed by atoms with Crippen LogP contribution in [0.15, 0.2) is 29.4 Å². The van der Waals surface area contributed by atoms with Crippen LogP contribution in [0.4, 0.5) is 10.3 Å². The van der Waals surface area contributed by atoms with Crippen molar-refractivity contribution in [1.82, 2.24) is 20.1 Å². The second-order valence-electron chi connectivity index (χ2n) is 6.36. The average Bonchev–Trinajstić information content (AvgIpc) is 3.11. The molecule has 146 valence electrons. The van der Waals surface area contributed by atoms with Crippen LogP contribution in [0, 0.1) is 5.82 Å². The number of aromatic nitrogens is 3. The monoisotopic (exact) mass is 393 g/mol.